The summed E-state index contributed by atoms with van der Waals surface area (Å²) in [4.78, 5) is 12.7. The first-order valence-electron chi connectivity index (χ1n) is 3.86. The van der Waals surface area contributed by atoms with E-state index in [1.807, 2.05) is 16.7 Å². The van der Waals surface area contributed by atoms with Crippen molar-refractivity contribution < 1.29 is 4.79 Å². The minimum absolute atomic E-state index is 0.0380. The molecule has 2 unspecified atom stereocenters. The highest BCUT2D eigenvalue weighted by Crippen LogP contribution is 2.24. The van der Waals surface area contributed by atoms with E-state index in [1.165, 1.54) is 0 Å². The van der Waals surface area contributed by atoms with E-state index < -0.39 is 0 Å². The second-order valence-electron chi connectivity index (χ2n) is 3.06. The number of thioether (sulfide) groups is 1. The van der Waals surface area contributed by atoms with Gasteiger partial charge in [0.05, 0.1) is 0 Å². The Labute approximate surface area is 72.3 Å². The van der Waals surface area contributed by atoms with E-state index in [0.717, 1.165) is 13.1 Å². The lowest BCUT2D eigenvalue weighted by atomic mass is 10.3. The van der Waals surface area contributed by atoms with Gasteiger partial charge in [0, 0.05) is 30.5 Å². The second kappa shape index (κ2) is 3.48. The predicted octanol–water partition coefficient (Wildman–Crippen LogP) is 1.17. The molecule has 1 rings (SSSR count). The van der Waals surface area contributed by atoms with Crippen molar-refractivity contribution in [3.8, 4) is 0 Å². The molecular formula is C8H14NOS. The van der Waals surface area contributed by atoms with Crippen molar-refractivity contribution in [2.45, 2.75) is 24.3 Å². The molecule has 0 spiro atoms. The highest BCUT2D eigenvalue weighted by atomic mass is 32.2. The highest BCUT2D eigenvalue weighted by molar-refractivity contribution is 8.00. The zero-order valence-corrected chi connectivity index (χ0v) is 7.86. The van der Waals surface area contributed by atoms with Crippen molar-refractivity contribution >= 4 is 17.7 Å². The molecule has 11 heavy (non-hydrogen) atoms. The first-order chi connectivity index (χ1) is 5.09. The molecule has 0 aromatic rings. The molecule has 1 heterocycles. The van der Waals surface area contributed by atoms with Crippen LogP contribution in [-0.2, 0) is 4.79 Å². The Morgan fingerprint density at radius 1 is 1.45 bits per heavy atom. The first kappa shape index (κ1) is 8.91. The van der Waals surface area contributed by atoms with Gasteiger partial charge in [-0.05, 0) is 0 Å². The van der Waals surface area contributed by atoms with Gasteiger partial charge in [-0.1, -0.05) is 13.8 Å². The van der Waals surface area contributed by atoms with Crippen molar-refractivity contribution in [3.63, 3.8) is 0 Å². The molecule has 2 nitrogen and oxygen atoms in total. The number of nitrogens with zero attached hydrogens (tertiary/aromatic N) is 1. The van der Waals surface area contributed by atoms with E-state index >= 15 is 0 Å². The Hall–Kier alpha value is -0.180. The molecule has 0 N–H and O–H groups in total. The van der Waals surface area contributed by atoms with Crippen LogP contribution >= 0.6 is 11.8 Å². The Bertz CT molecular complexity index is 150. The van der Waals surface area contributed by atoms with E-state index in [9.17, 15) is 4.79 Å². The maximum Gasteiger partial charge on any atom is 0.223 e. The van der Waals surface area contributed by atoms with Crippen LogP contribution < -0.4 is 0 Å². The van der Waals surface area contributed by atoms with E-state index in [4.69, 9.17) is 0 Å². The molecule has 1 amide bonds. The average molecular weight is 172 g/mol. The number of rotatable bonds is 0. The maximum absolute atomic E-state index is 10.9. The molecule has 0 bridgehead atoms. The number of hydrogen-bond acceptors (Lipinski definition) is 2. The molecule has 1 saturated heterocycles. The first-order valence-corrected chi connectivity index (χ1v) is 4.80. The smallest absolute Gasteiger partial charge is 0.223 e. The highest BCUT2D eigenvalue weighted by Gasteiger charge is 2.23. The van der Waals surface area contributed by atoms with E-state index in [-0.39, 0.29) is 5.91 Å². The zero-order chi connectivity index (χ0) is 8.43. The van der Waals surface area contributed by atoms with E-state index in [1.54, 1.807) is 0 Å². The van der Waals surface area contributed by atoms with Gasteiger partial charge in [-0.15, -0.1) is 0 Å². The van der Waals surface area contributed by atoms with Crippen LogP contribution in [-0.4, -0.2) is 34.4 Å². The Morgan fingerprint density at radius 3 is 2.27 bits per heavy atom. The number of amides is 1. The lowest BCUT2D eigenvalue weighted by Gasteiger charge is -2.33. The summed E-state index contributed by atoms with van der Waals surface area (Å²) in [6.07, 6.45) is 0. The molecule has 0 aliphatic carbocycles. The summed E-state index contributed by atoms with van der Waals surface area (Å²) in [6.45, 7) is 9.42. The number of hydrogen-bond donors (Lipinski definition) is 0. The fourth-order valence-corrected chi connectivity index (χ4v) is 2.71. The maximum atomic E-state index is 10.9. The quantitative estimate of drug-likeness (QED) is 0.547. The molecule has 1 radical (unpaired) electrons. The van der Waals surface area contributed by atoms with Crippen LogP contribution in [0.1, 0.15) is 13.8 Å². The van der Waals surface area contributed by atoms with Crippen molar-refractivity contribution in [1.29, 1.82) is 0 Å². The summed E-state index contributed by atoms with van der Waals surface area (Å²) < 4.78 is 0. The largest absolute Gasteiger partial charge is 0.340 e. The van der Waals surface area contributed by atoms with Gasteiger partial charge in [-0.3, -0.25) is 4.79 Å². The van der Waals surface area contributed by atoms with Gasteiger partial charge in [0.2, 0.25) is 5.91 Å². The standard InChI is InChI=1S/C8H14NOS/c1-6-4-9(8(3)10)5-7(2)11-6/h6-7H,3-5H2,1-2H3. The third-order valence-corrected chi connectivity index (χ3v) is 3.00. The summed E-state index contributed by atoms with van der Waals surface area (Å²) in [6, 6.07) is 0. The summed E-state index contributed by atoms with van der Waals surface area (Å²) in [5.41, 5.74) is 0. The van der Waals surface area contributed by atoms with Crippen LogP contribution in [0, 0.1) is 6.92 Å². The molecule has 2 atom stereocenters. The Morgan fingerprint density at radius 2 is 1.91 bits per heavy atom. The van der Waals surface area contributed by atoms with Gasteiger partial charge in [0.1, 0.15) is 0 Å². The second-order valence-corrected chi connectivity index (χ2v) is 4.94. The monoisotopic (exact) mass is 172 g/mol. The molecule has 0 aromatic carbocycles. The van der Waals surface area contributed by atoms with Crippen molar-refractivity contribution in [3.05, 3.63) is 6.92 Å². The van der Waals surface area contributed by atoms with Gasteiger partial charge in [-0.2, -0.15) is 11.8 Å². The summed E-state index contributed by atoms with van der Waals surface area (Å²) in [5.74, 6) is -0.0380. The molecule has 0 aromatic heterocycles. The number of carbonyl (C=O) groups is 1. The van der Waals surface area contributed by atoms with E-state index in [0.29, 0.717) is 10.5 Å². The minimum atomic E-state index is -0.0380. The summed E-state index contributed by atoms with van der Waals surface area (Å²) in [7, 11) is 0. The zero-order valence-electron chi connectivity index (χ0n) is 7.04. The third kappa shape index (κ3) is 2.40. The molecule has 0 saturated carbocycles. The van der Waals surface area contributed by atoms with Crippen LogP contribution in [0.5, 0.6) is 0 Å². The van der Waals surface area contributed by atoms with E-state index in [2.05, 4.69) is 20.8 Å². The van der Waals surface area contributed by atoms with Crippen LogP contribution in [0.3, 0.4) is 0 Å². The Balaban J connectivity index is 2.49. The van der Waals surface area contributed by atoms with Crippen LogP contribution in [0.2, 0.25) is 0 Å². The van der Waals surface area contributed by atoms with Gasteiger partial charge >= 0.3 is 0 Å². The van der Waals surface area contributed by atoms with Crippen molar-refractivity contribution in [2.24, 2.45) is 0 Å². The lowest BCUT2D eigenvalue weighted by molar-refractivity contribution is -0.126. The van der Waals surface area contributed by atoms with Crippen molar-refractivity contribution in [1.82, 2.24) is 4.90 Å². The average Bonchev–Trinajstić information content (AvgIpc) is 1.85. The Kier molecular flexibility index (Phi) is 2.82. The summed E-state index contributed by atoms with van der Waals surface area (Å²) in [5, 5.41) is 1.12. The summed E-state index contributed by atoms with van der Waals surface area (Å²) >= 11 is 1.94. The molecule has 63 valence electrons. The number of carbonyl (C=O) groups excluding carboxylic acids is 1. The van der Waals surface area contributed by atoms with Crippen LogP contribution in [0.4, 0.5) is 0 Å². The van der Waals surface area contributed by atoms with Crippen LogP contribution in [0.25, 0.3) is 0 Å². The SMILES string of the molecule is [CH2]C(=O)N1CC(C)SC(C)C1. The molecule has 1 aliphatic heterocycles. The molecule has 3 heteroatoms. The normalized spacial score (nSPS) is 32.1. The van der Waals surface area contributed by atoms with Gasteiger partial charge in [-0.25, -0.2) is 0 Å². The predicted molar refractivity (Wildman–Crippen MR) is 48.5 cm³/mol. The fraction of sp³-hybridized carbons (Fsp3) is 0.750. The van der Waals surface area contributed by atoms with Gasteiger partial charge in [0.25, 0.3) is 0 Å². The lowest BCUT2D eigenvalue weighted by Crippen LogP contribution is -2.42. The third-order valence-electron chi connectivity index (χ3n) is 1.77. The van der Waals surface area contributed by atoms with Gasteiger partial charge < -0.3 is 4.90 Å². The fourth-order valence-electron chi connectivity index (χ4n) is 1.38. The molecule has 1 aliphatic rings. The van der Waals surface area contributed by atoms with Gasteiger partial charge in [0.15, 0.2) is 0 Å². The minimum Gasteiger partial charge on any atom is -0.340 e. The molecule has 1 fully saturated rings. The van der Waals surface area contributed by atoms with Crippen molar-refractivity contribution in [2.75, 3.05) is 13.1 Å². The topological polar surface area (TPSA) is 20.3 Å². The molecular weight excluding hydrogens is 158 g/mol. The van der Waals surface area contributed by atoms with Crippen LogP contribution in [0.15, 0.2) is 0 Å².